The highest BCUT2D eigenvalue weighted by molar-refractivity contribution is 5.99. The van der Waals surface area contributed by atoms with Gasteiger partial charge in [-0.25, -0.2) is 4.79 Å². The number of urea groups is 1. The van der Waals surface area contributed by atoms with E-state index in [1.165, 1.54) is 0 Å². The molecule has 162 valence electrons. The van der Waals surface area contributed by atoms with Crippen molar-refractivity contribution in [2.24, 2.45) is 0 Å². The van der Waals surface area contributed by atoms with Gasteiger partial charge < -0.3 is 20.3 Å². The molecule has 0 aliphatic carbocycles. The molecule has 0 saturated carbocycles. The van der Waals surface area contributed by atoms with Crippen LogP contribution in [0.3, 0.4) is 0 Å². The second-order valence-corrected chi connectivity index (χ2v) is 6.87. The predicted molar refractivity (Wildman–Crippen MR) is 108 cm³/mol. The number of amides is 5. The van der Waals surface area contributed by atoms with Gasteiger partial charge in [-0.05, 0) is 44.0 Å². The van der Waals surface area contributed by atoms with Crippen LogP contribution >= 0.6 is 0 Å². The lowest BCUT2D eigenvalue weighted by molar-refractivity contribution is -0.147. The molecule has 1 aromatic carbocycles. The van der Waals surface area contributed by atoms with Crippen molar-refractivity contribution in [3.05, 3.63) is 29.8 Å². The summed E-state index contributed by atoms with van der Waals surface area (Å²) in [6.45, 7) is 3.25. The van der Waals surface area contributed by atoms with Crippen molar-refractivity contribution < 1.29 is 28.7 Å². The van der Waals surface area contributed by atoms with Gasteiger partial charge in [0, 0.05) is 30.3 Å². The summed E-state index contributed by atoms with van der Waals surface area (Å²) in [6, 6.07) is 5.70. The van der Waals surface area contributed by atoms with Crippen molar-refractivity contribution in [1.29, 1.82) is 0 Å². The Morgan fingerprint density at radius 3 is 2.47 bits per heavy atom. The molecule has 1 aromatic rings. The molecule has 1 aliphatic heterocycles. The number of esters is 1. The number of hydrogen-bond donors (Lipinski definition) is 3. The fraction of sp³-hybridized carbons (Fsp3) is 0.450. The molecule has 30 heavy (non-hydrogen) atoms. The monoisotopic (exact) mass is 418 g/mol. The Hall–Kier alpha value is -3.43. The fourth-order valence-electron chi connectivity index (χ4n) is 2.69. The first-order valence-corrected chi connectivity index (χ1v) is 9.74. The van der Waals surface area contributed by atoms with Gasteiger partial charge in [0.25, 0.3) is 11.8 Å². The van der Waals surface area contributed by atoms with Crippen LogP contribution < -0.4 is 20.9 Å². The Labute approximate surface area is 174 Å². The van der Waals surface area contributed by atoms with Crippen LogP contribution in [-0.4, -0.2) is 55.5 Å². The van der Waals surface area contributed by atoms with Crippen LogP contribution in [0.1, 0.15) is 43.5 Å². The van der Waals surface area contributed by atoms with Crippen molar-refractivity contribution >= 4 is 35.4 Å². The highest BCUT2D eigenvalue weighted by Gasteiger charge is 2.21. The van der Waals surface area contributed by atoms with Gasteiger partial charge in [-0.2, -0.15) is 0 Å². The molecule has 1 atom stereocenters. The molecule has 0 radical (unpaired) electrons. The second kappa shape index (κ2) is 10.9. The molecule has 5 amide bonds. The van der Waals surface area contributed by atoms with Crippen LogP contribution in [0.25, 0.3) is 0 Å². The number of rotatable bonds is 8. The summed E-state index contributed by atoms with van der Waals surface area (Å²) in [5, 5.41) is 6.97. The van der Waals surface area contributed by atoms with Crippen LogP contribution in [0.15, 0.2) is 24.3 Å². The van der Waals surface area contributed by atoms with E-state index in [2.05, 4.69) is 10.6 Å². The van der Waals surface area contributed by atoms with E-state index < -0.39 is 37.0 Å². The number of carbonyl (C=O) groups excluding carboxylic acids is 5. The summed E-state index contributed by atoms with van der Waals surface area (Å²) < 4.78 is 4.73. The molecule has 2 rings (SSSR count). The summed E-state index contributed by atoms with van der Waals surface area (Å²) in [5.41, 5.74) is 1.04. The number of nitrogens with one attached hydrogen (secondary N) is 3. The third-order valence-electron chi connectivity index (χ3n) is 4.51. The lowest BCUT2D eigenvalue weighted by Crippen LogP contribution is -2.45. The lowest BCUT2D eigenvalue weighted by Gasteiger charge is -2.15. The van der Waals surface area contributed by atoms with Crippen molar-refractivity contribution in [1.82, 2.24) is 16.0 Å². The van der Waals surface area contributed by atoms with E-state index in [1.807, 2.05) is 12.2 Å². The van der Waals surface area contributed by atoms with Gasteiger partial charge in [0.15, 0.2) is 6.61 Å². The normalized spacial score (nSPS) is 14.1. The molecular weight excluding hydrogens is 392 g/mol. The Morgan fingerprint density at radius 2 is 1.87 bits per heavy atom. The minimum atomic E-state index is -0.819. The molecule has 1 saturated heterocycles. The van der Waals surface area contributed by atoms with Crippen molar-refractivity contribution in [2.75, 3.05) is 24.6 Å². The van der Waals surface area contributed by atoms with Crippen LogP contribution in [0.5, 0.6) is 0 Å². The minimum absolute atomic E-state index is 0.0522. The van der Waals surface area contributed by atoms with Crippen LogP contribution in [0, 0.1) is 0 Å². The van der Waals surface area contributed by atoms with Gasteiger partial charge in [0.1, 0.15) is 6.54 Å². The van der Waals surface area contributed by atoms with Crippen LogP contribution in [0.4, 0.5) is 10.5 Å². The van der Waals surface area contributed by atoms with E-state index in [1.54, 1.807) is 36.1 Å². The topological polar surface area (TPSA) is 134 Å². The highest BCUT2D eigenvalue weighted by Crippen LogP contribution is 2.21. The minimum Gasteiger partial charge on any atom is -0.454 e. The summed E-state index contributed by atoms with van der Waals surface area (Å²) >= 11 is 0. The Kier molecular flexibility index (Phi) is 8.33. The van der Waals surface area contributed by atoms with E-state index in [-0.39, 0.29) is 11.9 Å². The molecule has 1 aliphatic rings. The quantitative estimate of drug-likeness (QED) is 0.533. The number of benzene rings is 1. The maximum atomic E-state index is 12.1. The van der Waals surface area contributed by atoms with Crippen molar-refractivity contribution in [2.45, 2.75) is 39.2 Å². The standard InChI is InChI=1S/C20H26N4O6/c1-3-13(2)22-20(29)23-16(25)12-30-18(27)11-21-19(28)14-6-8-15(9-7-14)24-10-4-5-17(24)26/h6-9,13H,3-5,10-12H2,1-2H3,(H,21,28)(H2,22,23,25,29)/t13-/m1/s1. The zero-order valence-corrected chi connectivity index (χ0v) is 17.0. The highest BCUT2D eigenvalue weighted by atomic mass is 16.5. The molecule has 0 bridgehead atoms. The summed E-state index contributed by atoms with van der Waals surface area (Å²) in [7, 11) is 0. The predicted octanol–water partition coefficient (Wildman–Crippen LogP) is 0.711. The SMILES string of the molecule is CC[C@@H](C)NC(=O)NC(=O)COC(=O)CNC(=O)c1ccc(N2CCCC2=O)cc1. The molecular formula is C20H26N4O6. The zero-order valence-electron chi connectivity index (χ0n) is 17.0. The maximum absolute atomic E-state index is 12.1. The summed E-state index contributed by atoms with van der Waals surface area (Å²) in [5.74, 6) is -2.04. The number of anilines is 1. The average Bonchev–Trinajstić information content (AvgIpc) is 3.16. The number of nitrogens with zero attached hydrogens (tertiary/aromatic N) is 1. The first kappa shape index (κ1) is 22.9. The third-order valence-corrected chi connectivity index (χ3v) is 4.51. The van der Waals surface area contributed by atoms with Gasteiger partial charge in [0.2, 0.25) is 5.91 Å². The van der Waals surface area contributed by atoms with Crippen molar-refractivity contribution in [3.63, 3.8) is 0 Å². The Bertz CT molecular complexity index is 808. The van der Waals surface area contributed by atoms with E-state index in [9.17, 15) is 24.0 Å². The average molecular weight is 418 g/mol. The molecule has 1 fully saturated rings. The molecule has 3 N–H and O–H groups in total. The molecule has 0 unspecified atom stereocenters. The second-order valence-electron chi connectivity index (χ2n) is 6.87. The number of carbonyl (C=O) groups is 5. The number of hydrogen-bond acceptors (Lipinski definition) is 6. The summed E-state index contributed by atoms with van der Waals surface area (Å²) in [4.78, 5) is 60.3. The molecule has 0 aromatic heterocycles. The first-order chi connectivity index (χ1) is 14.3. The van der Waals surface area contributed by atoms with Gasteiger partial charge in [-0.1, -0.05) is 6.92 Å². The third kappa shape index (κ3) is 6.87. The largest absolute Gasteiger partial charge is 0.454 e. The van der Waals surface area contributed by atoms with E-state index in [4.69, 9.17) is 4.74 Å². The summed E-state index contributed by atoms with van der Waals surface area (Å²) in [6.07, 6.45) is 2.03. The van der Waals surface area contributed by atoms with Gasteiger partial charge in [-0.15, -0.1) is 0 Å². The van der Waals surface area contributed by atoms with Gasteiger partial charge in [-0.3, -0.25) is 24.5 Å². The van der Waals surface area contributed by atoms with Gasteiger partial charge >= 0.3 is 12.0 Å². The Morgan fingerprint density at radius 1 is 1.17 bits per heavy atom. The maximum Gasteiger partial charge on any atom is 0.325 e. The van der Waals surface area contributed by atoms with Crippen LogP contribution in [0.2, 0.25) is 0 Å². The molecule has 1 heterocycles. The van der Waals surface area contributed by atoms with E-state index in [0.29, 0.717) is 24.9 Å². The molecule has 10 heteroatoms. The Balaban J connectivity index is 1.71. The molecule has 10 nitrogen and oxygen atoms in total. The number of ether oxygens (including phenoxy) is 1. The first-order valence-electron chi connectivity index (χ1n) is 9.74. The zero-order chi connectivity index (χ0) is 22.1. The lowest BCUT2D eigenvalue weighted by atomic mass is 10.2. The van der Waals surface area contributed by atoms with Crippen LogP contribution in [-0.2, 0) is 19.1 Å². The smallest absolute Gasteiger partial charge is 0.325 e. The van der Waals surface area contributed by atoms with Gasteiger partial charge in [0.05, 0.1) is 0 Å². The molecule has 0 spiro atoms. The van der Waals surface area contributed by atoms with E-state index >= 15 is 0 Å². The van der Waals surface area contributed by atoms with Crippen molar-refractivity contribution in [3.8, 4) is 0 Å². The van der Waals surface area contributed by atoms with E-state index in [0.717, 1.165) is 12.1 Å². The number of imide groups is 1. The fourth-order valence-corrected chi connectivity index (χ4v) is 2.69.